The van der Waals surface area contributed by atoms with Crippen LogP contribution in [0.2, 0.25) is 0 Å². The lowest BCUT2D eigenvalue weighted by Crippen LogP contribution is -1.96. The smallest absolute Gasteiger partial charge is 0.136 e. The van der Waals surface area contributed by atoms with E-state index in [1.54, 1.807) is 6.21 Å². The molecule has 3 aromatic heterocycles. The highest BCUT2D eigenvalue weighted by Crippen LogP contribution is 2.44. The second kappa shape index (κ2) is 11.3. The van der Waals surface area contributed by atoms with Crippen LogP contribution in [0, 0.1) is 0 Å². The molecular formula is C45H29N5O. The van der Waals surface area contributed by atoms with Crippen LogP contribution in [0.15, 0.2) is 154 Å². The molecule has 0 fully saturated rings. The van der Waals surface area contributed by atoms with Crippen molar-refractivity contribution < 1.29 is 4.42 Å². The molecule has 0 radical (unpaired) electrons. The van der Waals surface area contributed by atoms with E-state index in [1.165, 1.54) is 32.3 Å². The van der Waals surface area contributed by atoms with Gasteiger partial charge >= 0.3 is 0 Å². The predicted molar refractivity (Wildman–Crippen MR) is 213 cm³/mol. The van der Waals surface area contributed by atoms with E-state index in [1.807, 2.05) is 37.3 Å². The van der Waals surface area contributed by atoms with Crippen molar-refractivity contribution in [3.05, 3.63) is 140 Å². The van der Waals surface area contributed by atoms with E-state index in [0.717, 1.165) is 49.8 Å². The molecule has 0 spiro atoms. The first kappa shape index (κ1) is 29.0. The van der Waals surface area contributed by atoms with Crippen molar-refractivity contribution in [1.82, 2.24) is 14.8 Å². The van der Waals surface area contributed by atoms with Gasteiger partial charge in [0, 0.05) is 44.6 Å². The number of furan rings is 1. The summed E-state index contributed by atoms with van der Waals surface area (Å²) < 4.78 is 8.53. The zero-order chi connectivity index (χ0) is 34.1. The summed E-state index contributed by atoms with van der Waals surface area (Å²) in [6, 6.07) is 48.9. The number of benzene rings is 7. The summed E-state index contributed by atoms with van der Waals surface area (Å²) in [6.45, 7) is 5.81. The van der Waals surface area contributed by atoms with Crippen LogP contribution in [0.4, 0.5) is 11.4 Å². The molecule has 240 valence electrons. The molecule has 10 rings (SSSR count). The van der Waals surface area contributed by atoms with Gasteiger partial charge in [0.15, 0.2) is 0 Å². The van der Waals surface area contributed by atoms with Gasteiger partial charge in [-0.1, -0.05) is 84.9 Å². The Balaban J connectivity index is 1.12. The maximum Gasteiger partial charge on any atom is 0.136 e. The fourth-order valence-corrected chi connectivity index (χ4v) is 7.52. The van der Waals surface area contributed by atoms with E-state index in [4.69, 9.17) is 19.6 Å². The number of rotatable bonds is 5. The van der Waals surface area contributed by atoms with Crippen molar-refractivity contribution in [1.29, 1.82) is 0 Å². The highest BCUT2D eigenvalue weighted by atomic mass is 16.3. The van der Waals surface area contributed by atoms with Gasteiger partial charge in [-0.25, -0.2) is 0 Å². The molecule has 7 aromatic carbocycles. The first-order valence-electron chi connectivity index (χ1n) is 16.9. The van der Waals surface area contributed by atoms with E-state index < -0.39 is 0 Å². The molecule has 3 heterocycles. The standard InChI is InChI=1S/C45H29N5O/c1-3-47-45-42(48-49-43(44(45)46-2)32-18-21-35-34-14-8-9-15-40(34)51-41(35)26-32)27-16-19-33(20-17-27)50-38-24-30-12-6-4-10-28(30)22-36(38)37-23-29-11-5-7-13-31(29)25-39(37)50/h3-26H,2H2,1H3/b47-3-. The molecule has 10 aromatic rings. The Morgan fingerprint density at radius 1 is 0.549 bits per heavy atom. The van der Waals surface area contributed by atoms with Crippen LogP contribution in [-0.2, 0) is 0 Å². The number of nitrogens with zero attached hydrogens (tertiary/aromatic N) is 5. The van der Waals surface area contributed by atoms with Crippen molar-refractivity contribution in [2.75, 3.05) is 0 Å². The summed E-state index contributed by atoms with van der Waals surface area (Å²) in [4.78, 5) is 9.21. The van der Waals surface area contributed by atoms with Crippen LogP contribution in [0.1, 0.15) is 6.92 Å². The normalized spacial score (nSPS) is 12.0. The number of aliphatic imine (C=N–C) groups is 2. The largest absolute Gasteiger partial charge is 0.456 e. The van der Waals surface area contributed by atoms with Crippen LogP contribution < -0.4 is 0 Å². The van der Waals surface area contributed by atoms with Gasteiger partial charge in [0.2, 0.25) is 0 Å². The first-order chi connectivity index (χ1) is 25.2. The molecule has 0 bridgehead atoms. The molecular weight excluding hydrogens is 627 g/mol. The summed E-state index contributed by atoms with van der Waals surface area (Å²) in [6.07, 6.45) is 1.75. The second-order valence-electron chi connectivity index (χ2n) is 12.8. The highest BCUT2D eigenvalue weighted by Gasteiger charge is 2.20. The molecule has 0 amide bonds. The van der Waals surface area contributed by atoms with Crippen LogP contribution in [0.25, 0.3) is 93.5 Å². The summed E-state index contributed by atoms with van der Waals surface area (Å²) in [7, 11) is 0. The molecule has 0 N–H and O–H groups in total. The number of hydrogen-bond donors (Lipinski definition) is 0. The topological polar surface area (TPSA) is 68.6 Å². The van der Waals surface area contributed by atoms with Gasteiger partial charge in [0.1, 0.15) is 33.9 Å². The quantitative estimate of drug-likeness (QED) is 0.173. The zero-order valence-corrected chi connectivity index (χ0v) is 27.7. The van der Waals surface area contributed by atoms with Crippen LogP contribution in [0.5, 0.6) is 0 Å². The Morgan fingerprint density at radius 3 is 1.73 bits per heavy atom. The number of para-hydroxylation sites is 1. The summed E-state index contributed by atoms with van der Waals surface area (Å²) in [5, 5.41) is 18.9. The molecule has 0 aliphatic heterocycles. The Kier molecular flexibility index (Phi) is 6.45. The lowest BCUT2D eigenvalue weighted by molar-refractivity contribution is 0.669. The Labute approximate surface area is 292 Å². The summed E-state index contributed by atoms with van der Waals surface area (Å²) in [5.41, 5.74) is 9.11. The molecule has 6 nitrogen and oxygen atoms in total. The van der Waals surface area contributed by atoms with Crippen LogP contribution in [0.3, 0.4) is 0 Å². The zero-order valence-electron chi connectivity index (χ0n) is 27.7. The molecule has 0 unspecified atom stereocenters. The third kappa shape index (κ3) is 4.50. The molecule has 0 aliphatic carbocycles. The van der Waals surface area contributed by atoms with Crippen molar-refractivity contribution in [3.63, 3.8) is 0 Å². The molecule has 51 heavy (non-hydrogen) atoms. The monoisotopic (exact) mass is 655 g/mol. The molecule has 0 saturated heterocycles. The van der Waals surface area contributed by atoms with E-state index in [0.29, 0.717) is 22.8 Å². The molecule has 0 saturated carbocycles. The predicted octanol–water partition coefficient (Wildman–Crippen LogP) is 12.2. The lowest BCUT2D eigenvalue weighted by atomic mass is 10.0. The van der Waals surface area contributed by atoms with Gasteiger partial charge in [-0.15, -0.1) is 10.2 Å². The fraction of sp³-hybridized carbons (Fsp3) is 0.0222. The fourth-order valence-electron chi connectivity index (χ4n) is 7.52. The SMILES string of the molecule is C=Nc1c(-c2ccc3c(c2)oc2ccccc23)nnc(-c2ccc(-n3c4cc5ccccc5cc4c4cc5ccccc5cc43)cc2)c1/N=C\C. The Hall–Kier alpha value is -6.92. The highest BCUT2D eigenvalue weighted by molar-refractivity contribution is 6.16. The summed E-state index contributed by atoms with van der Waals surface area (Å²) in [5.74, 6) is 0. The van der Waals surface area contributed by atoms with Gasteiger partial charge in [0.05, 0.1) is 11.0 Å². The minimum Gasteiger partial charge on any atom is -0.456 e. The van der Waals surface area contributed by atoms with E-state index >= 15 is 0 Å². The average molecular weight is 656 g/mol. The summed E-state index contributed by atoms with van der Waals surface area (Å²) >= 11 is 0. The van der Waals surface area contributed by atoms with Gasteiger partial charge in [-0.2, -0.15) is 0 Å². The third-order valence-electron chi connectivity index (χ3n) is 9.89. The molecule has 6 heteroatoms. The second-order valence-corrected chi connectivity index (χ2v) is 12.8. The van der Waals surface area contributed by atoms with Gasteiger partial charge in [0.25, 0.3) is 0 Å². The molecule has 0 aliphatic rings. The van der Waals surface area contributed by atoms with Crippen LogP contribution in [-0.4, -0.2) is 27.7 Å². The van der Waals surface area contributed by atoms with Crippen molar-refractivity contribution in [2.45, 2.75) is 6.92 Å². The minimum absolute atomic E-state index is 0.568. The maximum atomic E-state index is 6.17. The van der Waals surface area contributed by atoms with Crippen molar-refractivity contribution >= 4 is 89.6 Å². The number of hydrogen-bond acceptors (Lipinski definition) is 5. The first-order valence-corrected chi connectivity index (χ1v) is 16.9. The van der Waals surface area contributed by atoms with E-state index in [2.05, 4.69) is 125 Å². The van der Waals surface area contributed by atoms with Gasteiger partial charge in [-0.05, 0) is 89.8 Å². The molecule has 0 atom stereocenters. The lowest BCUT2D eigenvalue weighted by Gasteiger charge is -2.13. The van der Waals surface area contributed by atoms with E-state index in [-0.39, 0.29) is 0 Å². The number of aromatic nitrogens is 3. The van der Waals surface area contributed by atoms with Crippen molar-refractivity contribution in [3.8, 4) is 28.2 Å². The minimum atomic E-state index is 0.568. The maximum absolute atomic E-state index is 6.17. The van der Waals surface area contributed by atoms with Crippen molar-refractivity contribution in [2.24, 2.45) is 9.98 Å². The Morgan fingerprint density at radius 2 is 1.10 bits per heavy atom. The van der Waals surface area contributed by atoms with E-state index in [9.17, 15) is 0 Å². The Bertz CT molecular complexity index is 2970. The van der Waals surface area contributed by atoms with Crippen LogP contribution >= 0.6 is 0 Å². The van der Waals surface area contributed by atoms with Gasteiger partial charge in [-0.3, -0.25) is 9.98 Å². The number of fused-ring (bicyclic) bond motifs is 8. The average Bonchev–Trinajstić information content (AvgIpc) is 3.70. The third-order valence-corrected chi connectivity index (χ3v) is 9.89. The van der Waals surface area contributed by atoms with Gasteiger partial charge < -0.3 is 8.98 Å².